The van der Waals surface area contributed by atoms with Gasteiger partial charge in [-0.25, -0.2) is 19.9 Å². The molecule has 8 heteroatoms. The van der Waals surface area contributed by atoms with Crippen LogP contribution in [0.4, 0.5) is 11.9 Å². The van der Waals surface area contributed by atoms with Crippen LogP contribution >= 0.6 is 0 Å². The molecule has 0 unspecified atom stereocenters. The highest BCUT2D eigenvalue weighted by molar-refractivity contribution is 5.92. The standard InChI is InChI=1S/C20H27N7O/c1-15-4-8-25(9-5-15)18(28)17-14-16(2)23-20(24-17)27-12-10-26(11-13-27)19-21-6-3-7-22-19/h3,6-7,14-15H,4-5,8-13H2,1-2H3. The Morgan fingerprint density at radius 3 is 2.18 bits per heavy atom. The van der Waals surface area contributed by atoms with Gasteiger partial charge in [-0.1, -0.05) is 6.92 Å². The fraction of sp³-hybridized carbons (Fsp3) is 0.550. The molecular weight excluding hydrogens is 354 g/mol. The van der Waals surface area contributed by atoms with Gasteiger partial charge < -0.3 is 14.7 Å². The summed E-state index contributed by atoms with van der Waals surface area (Å²) in [4.78, 5) is 37.0. The van der Waals surface area contributed by atoms with Gasteiger partial charge >= 0.3 is 0 Å². The van der Waals surface area contributed by atoms with E-state index < -0.39 is 0 Å². The first-order chi connectivity index (χ1) is 13.6. The van der Waals surface area contributed by atoms with E-state index in [0.717, 1.165) is 63.8 Å². The number of piperidine rings is 1. The molecule has 0 atom stereocenters. The number of hydrogen-bond donors (Lipinski definition) is 0. The average molecular weight is 381 g/mol. The molecule has 2 saturated heterocycles. The van der Waals surface area contributed by atoms with Crippen LogP contribution in [-0.4, -0.2) is 70.0 Å². The van der Waals surface area contributed by atoms with Gasteiger partial charge in [-0.15, -0.1) is 0 Å². The minimum Gasteiger partial charge on any atom is -0.337 e. The second kappa shape index (κ2) is 8.08. The molecule has 0 spiro atoms. The zero-order valence-corrected chi connectivity index (χ0v) is 16.6. The molecule has 0 saturated carbocycles. The average Bonchev–Trinajstić information content (AvgIpc) is 2.74. The Labute approximate surface area is 165 Å². The normalized spacial score (nSPS) is 18.4. The molecule has 0 N–H and O–H groups in total. The lowest BCUT2D eigenvalue weighted by molar-refractivity contribution is 0.0691. The van der Waals surface area contributed by atoms with Gasteiger partial charge in [0.25, 0.3) is 5.91 Å². The Hall–Kier alpha value is -2.77. The van der Waals surface area contributed by atoms with Crippen LogP contribution in [0.5, 0.6) is 0 Å². The summed E-state index contributed by atoms with van der Waals surface area (Å²) >= 11 is 0. The number of amides is 1. The van der Waals surface area contributed by atoms with Gasteiger partial charge in [-0.05, 0) is 37.8 Å². The monoisotopic (exact) mass is 381 g/mol. The summed E-state index contributed by atoms with van der Waals surface area (Å²) in [5.74, 6) is 2.11. The maximum absolute atomic E-state index is 12.9. The first kappa shape index (κ1) is 18.6. The maximum Gasteiger partial charge on any atom is 0.272 e. The summed E-state index contributed by atoms with van der Waals surface area (Å²) < 4.78 is 0. The molecule has 2 aliphatic rings. The van der Waals surface area contributed by atoms with Crippen molar-refractivity contribution < 1.29 is 4.79 Å². The fourth-order valence-electron chi connectivity index (χ4n) is 3.74. The van der Waals surface area contributed by atoms with Crippen LogP contribution in [0.25, 0.3) is 0 Å². The summed E-state index contributed by atoms with van der Waals surface area (Å²) in [6.07, 6.45) is 5.65. The molecule has 4 rings (SSSR count). The van der Waals surface area contributed by atoms with Crippen LogP contribution in [0.2, 0.25) is 0 Å². The molecule has 2 fully saturated rings. The lowest BCUT2D eigenvalue weighted by atomic mass is 9.99. The first-order valence-electron chi connectivity index (χ1n) is 10.0. The number of hydrogen-bond acceptors (Lipinski definition) is 7. The molecule has 0 aromatic carbocycles. The molecule has 2 aliphatic heterocycles. The summed E-state index contributed by atoms with van der Waals surface area (Å²) in [5, 5.41) is 0. The SMILES string of the molecule is Cc1cc(C(=O)N2CCC(C)CC2)nc(N2CCN(c3ncccn3)CC2)n1. The summed E-state index contributed by atoms with van der Waals surface area (Å²) in [7, 11) is 0. The molecule has 1 amide bonds. The first-order valence-corrected chi connectivity index (χ1v) is 10.0. The van der Waals surface area contributed by atoms with Crippen molar-refractivity contribution in [3.05, 3.63) is 35.9 Å². The highest BCUT2D eigenvalue weighted by Gasteiger charge is 2.25. The number of aromatic nitrogens is 4. The van der Waals surface area contributed by atoms with Gasteiger partial charge in [0, 0.05) is 57.4 Å². The molecule has 0 radical (unpaired) electrons. The van der Waals surface area contributed by atoms with Gasteiger partial charge in [0.15, 0.2) is 0 Å². The van der Waals surface area contributed by atoms with E-state index in [2.05, 4.69) is 36.7 Å². The number of piperazine rings is 1. The number of anilines is 2. The van der Waals surface area contributed by atoms with Gasteiger partial charge in [0.1, 0.15) is 5.69 Å². The number of nitrogens with zero attached hydrogens (tertiary/aromatic N) is 7. The van der Waals surface area contributed by atoms with E-state index in [1.165, 1.54) is 0 Å². The van der Waals surface area contributed by atoms with Crippen molar-refractivity contribution in [1.82, 2.24) is 24.8 Å². The largest absolute Gasteiger partial charge is 0.337 e. The predicted octanol–water partition coefficient (Wildman–Crippen LogP) is 1.77. The molecule has 0 aliphatic carbocycles. The van der Waals surface area contributed by atoms with Gasteiger partial charge in [0.05, 0.1) is 0 Å². The van der Waals surface area contributed by atoms with Gasteiger partial charge in [0.2, 0.25) is 11.9 Å². The molecule has 0 bridgehead atoms. The van der Waals surface area contributed by atoms with Crippen LogP contribution in [0.1, 0.15) is 35.9 Å². The molecule has 8 nitrogen and oxygen atoms in total. The van der Waals surface area contributed by atoms with Gasteiger partial charge in [-0.3, -0.25) is 4.79 Å². The molecule has 28 heavy (non-hydrogen) atoms. The Morgan fingerprint density at radius 1 is 0.929 bits per heavy atom. The third kappa shape index (κ3) is 4.05. The number of rotatable bonds is 3. The predicted molar refractivity (Wildman–Crippen MR) is 108 cm³/mol. The van der Waals surface area contributed by atoms with E-state index >= 15 is 0 Å². The topological polar surface area (TPSA) is 78.4 Å². The fourth-order valence-corrected chi connectivity index (χ4v) is 3.74. The van der Waals surface area contributed by atoms with E-state index in [-0.39, 0.29) is 5.91 Å². The molecule has 148 valence electrons. The number of carbonyl (C=O) groups excluding carboxylic acids is 1. The summed E-state index contributed by atoms with van der Waals surface area (Å²) in [6.45, 7) is 8.95. The van der Waals surface area contributed by atoms with Crippen molar-refractivity contribution in [2.45, 2.75) is 26.7 Å². The maximum atomic E-state index is 12.9. The molecule has 4 heterocycles. The van der Waals surface area contributed by atoms with E-state index in [4.69, 9.17) is 0 Å². The lowest BCUT2D eigenvalue weighted by Gasteiger charge is -2.35. The van der Waals surface area contributed by atoms with Crippen LogP contribution in [-0.2, 0) is 0 Å². The number of aryl methyl sites for hydroxylation is 1. The quantitative estimate of drug-likeness (QED) is 0.802. The van der Waals surface area contributed by atoms with Crippen LogP contribution < -0.4 is 9.80 Å². The second-order valence-corrected chi connectivity index (χ2v) is 7.69. The minimum absolute atomic E-state index is 0.0231. The molecular formula is C20H27N7O. The van der Waals surface area contributed by atoms with Crippen molar-refractivity contribution in [3.63, 3.8) is 0 Å². The summed E-state index contributed by atoms with van der Waals surface area (Å²) in [5.41, 5.74) is 1.33. The lowest BCUT2D eigenvalue weighted by Crippen LogP contribution is -2.48. The van der Waals surface area contributed by atoms with Crippen molar-refractivity contribution in [3.8, 4) is 0 Å². The van der Waals surface area contributed by atoms with E-state index in [0.29, 0.717) is 17.6 Å². The van der Waals surface area contributed by atoms with Crippen LogP contribution in [0.15, 0.2) is 24.5 Å². The van der Waals surface area contributed by atoms with Gasteiger partial charge in [-0.2, -0.15) is 0 Å². The third-order valence-electron chi connectivity index (χ3n) is 5.53. The highest BCUT2D eigenvalue weighted by atomic mass is 16.2. The number of carbonyl (C=O) groups is 1. The van der Waals surface area contributed by atoms with E-state index in [9.17, 15) is 4.79 Å². The third-order valence-corrected chi connectivity index (χ3v) is 5.53. The van der Waals surface area contributed by atoms with Crippen molar-refractivity contribution in [2.75, 3.05) is 49.1 Å². The Bertz CT molecular complexity index is 813. The minimum atomic E-state index is 0.0231. The van der Waals surface area contributed by atoms with Crippen molar-refractivity contribution in [1.29, 1.82) is 0 Å². The van der Waals surface area contributed by atoms with Crippen molar-refractivity contribution >= 4 is 17.8 Å². The van der Waals surface area contributed by atoms with Crippen LogP contribution in [0.3, 0.4) is 0 Å². The van der Waals surface area contributed by atoms with E-state index in [1.807, 2.05) is 17.9 Å². The zero-order chi connectivity index (χ0) is 19.5. The Kier molecular flexibility index (Phi) is 5.36. The van der Waals surface area contributed by atoms with Crippen LogP contribution in [0, 0.1) is 12.8 Å². The Morgan fingerprint density at radius 2 is 1.54 bits per heavy atom. The zero-order valence-electron chi connectivity index (χ0n) is 16.6. The number of likely N-dealkylation sites (tertiary alicyclic amines) is 1. The summed E-state index contributed by atoms with van der Waals surface area (Å²) in [6, 6.07) is 3.62. The highest BCUT2D eigenvalue weighted by Crippen LogP contribution is 2.20. The Balaban J connectivity index is 1.45. The molecule has 2 aromatic rings. The molecule has 2 aromatic heterocycles. The smallest absolute Gasteiger partial charge is 0.272 e. The van der Waals surface area contributed by atoms with Crippen molar-refractivity contribution in [2.24, 2.45) is 5.92 Å². The second-order valence-electron chi connectivity index (χ2n) is 7.69. The van der Waals surface area contributed by atoms with E-state index in [1.54, 1.807) is 18.5 Å².